The summed E-state index contributed by atoms with van der Waals surface area (Å²) in [6.07, 6.45) is 3.23. The van der Waals surface area contributed by atoms with Crippen molar-refractivity contribution in [2.24, 2.45) is 0 Å². The number of carbonyl (C=O) groups excluding carboxylic acids is 1. The van der Waals surface area contributed by atoms with Crippen LogP contribution in [0.15, 0.2) is 0 Å². The van der Waals surface area contributed by atoms with Crippen LogP contribution in [0.25, 0.3) is 0 Å². The zero-order valence-corrected chi connectivity index (χ0v) is 13.6. The highest BCUT2D eigenvalue weighted by Gasteiger charge is 2.44. The maximum absolute atomic E-state index is 12.2. The molecule has 1 rings (SSSR count). The first kappa shape index (κ1) is 16.7. The molecular weight excluding hydrogens is 278 g/mol. The first-order valence-electron chi connectivity index (χ1n) is 6.69. The Morgan fingerprint density at radius 1 is 1.42 bits per heavy atom. The first-order chi connectivity index (χ1) is 9.05. The van der Waals surface area contributed by atoms with E-state index in [2.05, 4.69) is 23.2 Å². The fourth-order valence-electron chi connectivity index (χ4n) is 1.75. The molecule has 1 amide bonds. The molecule has 0 aliphatic carbocycles. The lowest BCUT2D eigenvalue weighted by Gasteiger charge is -2.35. The lowest BCUT2D eigenvalue weighted by Crippen LogP contribution is -2.47. The molecule has 0 atom stereocenters. The molecule has 4 nitrogen and oxygen atoms in total. The maximum Gasteiger partial charge on any atom is 0.261 e. The Hall–Kier alpha value is -0.380. The van der Waals surface area contributed by atoms with Crippen LogP contribution in [0, 0.1) is 11.3 Å². The Morgan fingerprint density at radius 3 is 2.53 bits per heavy atom. The Kier molecular flexibility index (Phi) is 7.05. The minimum atomic E-state index is -0.946. The highest BCUT2D eigenvalue weighted by molar-refractivity contribution is 8.20. The molecule has 1 fully saturated rings. The van der Waals surface area contributed by atoms with Gasteiger partial charge in [-0.15, -0.1) is 23.5 Å². The van der Waals surface area contributed by atoms with E-state index in [0.29, 0.717) is 12.6 Å². The van der Waals surface area contributed by atoms with E-state index in [1.54, 1.807) is 0 Å². The minimum absolute atomic E-state index is 0.127. The molecule has 108 valence electrons. The number of thioether (sulfide) groups is 2. The van der Waals surface area contributed by atoms with E-state index in [9.17, 15) is 10.1 Å². The van der Waals surface area contributed by atoms with Crippen LogP contribution in [0.1, 0.15) is 26.2 Å². The van der Waals surface area contributed by atoms with Crippen LogP contribution in [-0.2, 0) is 4.79 Å². The van der Waals surface area contributed by atoms with Crippen LogP contribution >= 0.6 is 23.5 Å². The van der Waals surface area contributed by atoms with Crippen LogP contribution in [0.5, 0.6) is 0 Å². The van der Waals surface area contributed by atoms with Crippen LogP contribution in [0.2, 0.25) is 0 Å². The summed E-state index contributed by atoms with van der Waals surface area (Å²) < 4.78 is -0.946. The average Bonchev–Trinajstić information content (AvgIpc) is 2.43. The number of amides is 1. The van der Waals surface area contributed by atoms with Crippen LogP contribution in [-0.4, -0.2) is 53.1 Å². The molecule has 1 heterocycles. The fraction of sp³-hybridized carbons (Fsp3) is 0.846. The van der Waals surface area contributed by atoms with Crippen LogP contribution < -0.4 is 5.32 Å². The maximum atomic E-state index is 12.2. The average molecular weight is 301 g/mol. The van der Waals surface area contributed by atoms with E-state index in [1.807, 2.05) is 14.1 Å². The molecular formula is C13H23N3OS2. The number of nitriles is 1. The highest BCUT2D eigenvalue weighted by Crippen LogP contribution is 2.42. The molecule has 1 aliphatic heterocycles. The summed E-state index contributed by atoms with van der Waals surface area (Å²) in [7, 11) is 4.08. The molecule has 0 unspecified atom stereocenters. The van der Waals surface area contributed by atoms with Gasteiger partial charge in [0.05, 0.1) is 0 Å². The quantitative estimate of drug-likeness (QED) is 0.760. The molecule has 0 aromatic heterocycles. The number of nitrogens with zero attached hydrogens (tertiary/aromatic N) is 2. The van der Waals surface area contributed by atoms with Gasteiger partial charge in [-0.1, -0.05) is 19.8 Å². The van der Waals surface area contributed by atoms with Crippen LogP contribution in [0.3, 0.4) is 0 Å². The van der Waals surface area contributed by atoms with Gasteiger partial charge in [0.15, 0.2) is 0 Å². The summed E-state index contributed by atoms with van der Waals surface area (Å²) in [5.41, 5.74) is 0. The number of hydrogen-bond donors (Lipinski definition) is 1. The summed E-state index contributed by atoms with van der Waals surface area (Å²) in [5.74, 6) is 1.53. The summed E-state index contributed by atoms with van der Waals surface area (Å²) >= 11 is 2.93. The molecule has 6 heteroatoms. The largest absolute Gasteiger partial charge is 0.353 e. The van der Waals surface area contributed by atoms with Gasteiger partial charge in [0.25, 0.3) is 5.91 Å². The molecule has 1 aliphatic rings. The van der Waals surface area contributed by atoms with Gasteiger partial charge in [0.1, 0.15) is 6.07 Å². The second-order valence-corrected chi connectivity index (χ2v) is 7.66. The molecule has 19 heavy (non-hydrogen) atoms. The lowest BCUT2D eigenvalue weighted by atomic mass is 10.2. The van der Waals surface area contributed by atoms with Crippen molar-refractivity contribution in [1.82, 2.24) is 10.2 Å². The zero-order chi connectivity index (χ0) is 14.3. The monoisotopic (exact) mass is 301 g/mol. The third-order valence-corrected chi connectivity index (χ3v) is 6.38. The van der Waals surface area contributed by atoms with Gasteiger partial charge in [-0.2, -0.15) is 5.26 Å². The normalized spacial score (nSPS) is 27.0. The molecule has 0 aromatic carbocycles. The third kappa shape index (κ3) is 4.59. The van der Waals surface area contributed by atoms with Gasteiger partial charge in [0.2, 0.25) is 4.08 Å². The van der Waals surface area contributed by atoms with Crippen molar-refractivity contribution in [3.8, 4) is 6.07 Å². The number of nitrogens with one attached hydrogen (secondary N) is 1. The van der Waals surface area contributed by atoms with Gasteiger partial charge in [-0.3, -0.25) is 4.79 Å². The van der Waals surface area contributed by atoms with Gasteiger partial charge >= 0.3 is 0 Å². The van der Waals surface area contributed by atoms with Gasteiger partial charge in [-0.25, -0.2) is 0 Å². The van der Waals surface area contributed by atoms with E-state index in [4.69, 9.17) is 0 Å². The third-order valence-electron chi connectivity index (χ3n) is 3.20. The molecule has 0 radical (unpaired) electrons. The lowest BCUT2D eigenvalue weighted by molar-refractivity contribution is -0.120. The number of hydrogen-bond acceptors (Lipinski definition) is 5. The minimum Gasteiger partial charge on any atom is -0.353 e. The standard InChI is InChI=1S/C13H23N3OS2/c1-4-5-6-7-15-12(17)13(10-14)18-8-11(9-19-13)16(2)3/h11H,4-9H2,1-3H3,(H,15,17). The second-order valence-electron chi connectivity index (χ2n) is 4.93. The van der Waals surface area contributed by atoms with Gasteiger partial charge < -0.3 is 10.2 Å². The van der Waals surface area contributed by atoms with Crippen molar-refractivity contribution in [3.05, 3.63) is 0 Å². The smallest absolute Gasteiger partial charge is 0.261 e. The summed E-state index contributed by atoms with van der Waals surface area (Å²) in [6, 6.07) is 2.65. The van der Waals surface area contributed by atoms with Crippen molar-refractivity contribution < 1.29 is 4.79 Å². The predicted molar refractivity (Wildman–Crippen MR) is 83.3 cm³/mol. The van der Waals surface area contributed by atoms with Crippen molar-refractivity contribution >= 4 is 29.4 Å². The van der Waals surface area contributed by atoms with Crippen molar-refractivity contribution in [1.29, 1.82) is 5.26 Å². The summed E-state index contributed by atoms with van der Waals surface area (Å²) in [4.78, 5) is 14.4. The summed E-state index contributed by atoms with van der Waals surface area (Å²) in [5, 5.41) is 12.3. The molecule has 1 N–H and O–H groups in total. The second kappa shape index (κ2) is 8.03. The topological polar surface area (TPSA) is 56.1 Å². The van der Waals surface area contributed by atoms with E-state index in [0.717, 1.165) is 30.8 Å². The molecule has 0 spiro atoms. The predicted octanol–water partition coefficient (Wildman–Crippen LogP) is 1.92. The number of unbranched alkanes of at least 4 members (excludes halogenated alkanes) is 2. The number of carbonyl (C=O) groups is 1. The Balaban J connectivity index is 2.48. The van der Waals surface area contributed by atoms with Crippen LogP contribution in [0.4, 0.5) is 0 Å². The number of rotatable bonds is 6. The van der Waals surface area contributed by atoms with Gasteiger partial charge in [0, 0.05) is 24.1 Å². The van der Waals surface area contributed by atoms with Gasteiger partial charge in [-0.05, 0) is 20.5 Å². The molecule has 0 aromatic rings. The zero-order valence-electron chi connectivity index (χ0n) is 11.9. The Morgan fingerprint density at radius 2 is 2.05 bits per heavy atom. The Labute approximate surface area is 124 Å². The molecule has 1 saturated heterocycles. The fourth-order valence-corrected chi connectivity index (χ4v) is 4.87. The highest BCUT2D eigenvalue weighted by atomic mass is 32.2. The molecule has 0 bridgehead atoms. The van der Waals surface area contributed by atoms with Crippen molar-refractivity contribution in [3.63, 3.8) is 0 Å². The Bertz CT molecular complexity index is 333. The van der Waals surface area contributed by atoms with Crippen molar-refractivity contribution in [2.45, 2.75) is 36.3 Å². The first-order valence-corrected chi connectivity index (χ1v) is 8.66. The summed E-state index contributed by atoms with van der Waals surface area (Å²) in [6.45, 7) is 2.81. The SMILES string of the molecule is CCCCCNC(=O)C1(C#N)SCC(N(C)C)CS1. The van der Waals surface area contributed by atoms with Crippen molar-refractivity contribution in [2.75, 3.05) is 32.1 Å². The molecule has 0 saturated carbocycles. The van der Waals surface area contributed by atoms with E-state index in [-0.39, 0.29) is 5.91 Å². The van der Waals surface area contributed by atoms with E-state index < -0.39 is 4.08 Å². The van der Waals surface area contributed by atoms with E-state index in [1.165, 1.54) is 23.5 Å². The van der Waals surface area contributed by atoms with E-state index >= 15 is 0 Å².